The van der Waals surface area contributed by atoms with Crippen molar-refractivity contribution in [2.75, 3.05) is 26.2 Å². The van der Waals surface area contributed by atoms with Crippen molar-refractivity contribution in [3.05, 3.63) is 30.1 Å². The minimum Gasteiger partial charge on any atom is -0.481 e. The highest BCUT2D eigenvalue weighted by molar-refractivity contribution is 5.84. The van der Waals surface area contributed by atoms with Gasteiger partial charge in [0.1, 0.15) is 12.3 Å². The van der Waals surface area contributed by atoms with Gasteiger partial charge in [-0.1, -0.05) is 25.3 Å². The van der Waals surface area contributed by atoms with Crippen LogP contribution < -0.4 is 21.3 Å². The summed E-state index contributed by atoms with van der Waals surface area (Å²) in [6.45, 7) is 1.98. The zero-order valence-electron chi connectivity index (χ0n) is 28.1. The number of hydrogen-bond donors (Lipinski definition) is 7. The SMILES string of the molecule is O=CC(CCC(=O)O)NC(=O)NC(CCCCNC(=O)CCCCCCC(=O)NCCCCCN(CC(=O)O)Cc1ccccn1)C(=O)O. The summed E-state index contributed by atoms with van der Waals surface area (Å²) in [7, 11) is 0. The molecule has 0 aliphatic heterocycles. The van der Waals surface area contributed by atoms with Crippen LogP contribution in [0.15, 0.2) is 24.4 Å². The lowest BCUT2D eigenvalue weighted by Crippen LogP contribution is -2.49. The van der Waals surface area contributed by atoms with Gasteiger partial charge >= 0.3 is 23.9 Å². The molecule has 0 radical (unpaired) electrons. The summed E-state index contributed by atoms with van der Waals surface area (Å²) in [5.74, 6) is -3.39. The molecule has 0 aromatic carbocycles. The molecule has 0 fully saturated rings. The van der Waals surface area contributed by atoms with Gasteiger partial charge < -0.3 is 41.4 Å². The predicted molar refractivity (Wildman–Crippen MR) is 178 cm³/mol. The van der Waals surface area contributed by atoms with E-state index in [2.05, 4.69) is 26.3 Å². The number of carboxylic acid groups (broad SMARTS) is 3. The number of aliphatic carboxylic acids is 3. The Kier molecular flexibility index (Phi) is 22.8. The first kappa shape index (κ1) is 42.4. The van der Waals surface area contributed by atoms with Crippen molar-refractivity contribution < 1.29 is 48.9 Å². The van der Waals surface area contributed by atoms with Gasteiger partial charge in [-0.3, -0.25) is 29.1 Å². The number of carbonyl (C=O) groups is 7. The summed E-state index contributed by atoms with van der Waals surface area (Å²) in [6.07, 6.45) is 8.93. The Labute approximate surface area is 286 Å². The van der Waals surface area contributed by atoms with Crippen LogP contribution in [0.25, 0.3) is 0 Å². The molecule has 274 valence electrons. The fourth-order valence-corrected chi connectivity index (χ4v) is 4.87. The number of carboxylic acids is 3. The highest BCUT2D eigenvalue weighted by Gasteiger charge is 2.21. The van der Waals surface area contributed by atoms with Crippen LogP contribution >= 0.6 is 0 Å². The topological polar surface area (TPSA) is 244 Å². The molecule has 0 aliphatic rings. The number of aromatic nitrogens is 1. The third kappa shape index (κ3) is 23.4. The third-order valence-electron chi connectivity index (χ3n) is 7.50. The fraction of sp³-hybridized carbons (Fsp3) is 0.636. The standard InChI is InChI=1S/C33H52N6O10/c40-24-26(16-17-30(43)44)37-33(49)38-27(32(47)48)13-7-10-20-36-29(42)15-5-2-1-4-14-28(41)35-19-8-3-11-21-39(23-31(45)46)22-25-12-6-9-18-34-25/h6,9,12,18,24,26-27H,1-5,7-8,10-11,13-17,19-23H2,(H,35,41)(H,36,42)(H,43,44)(H,45,46)(H,47,48)(H2,37,38,49). The first-order chi connectivity index (χ1) is 23.5. The second-order valence-corrected chi connectivity index (χ2v) is 11.8. The van der Waals surface area contributed by atoms with Crippen molar-refractivity contribution in [2.24, 2.45) is 0 Å². The van der Waals surface area contributed by atoms with Crippen molar-refractivity contribution in [2.45, 2.75) is 109 Å². The van der Waals surface area contributed by atoms with Gasteiger partial charge in [-0.15, -0.1) is 0 Å². The van der Waals surface area contributed by atoms with Crippen LogP contribution in [0.5, 0.6) is 0 Å². The number of nitrogens with one attached hydrogen (secondary N) is 4. The molecule has 1 aromatic rings. The monoisotopic (exact) mass is 692 g/mol. The van der Waals surface area contributed by atoms with E-state index in [0.717, 1.165) is 44.2 Å². The van der Waals surface area contributed by atoms with E-state index in [1.165, 1.54) is 0 Å². The van der Waals surface area contributed by atoms with Gasteiger partial charge in [-0.25, -0.2) is 9.59 Å². The molecule has 0 bridgehead atoms. The Morgan fingerprint density at radius 1 is 0.735 bits per heavy atom. The number of nitrogens with zero attached hydrogens (tertiary/aromatic N) is 2. The van der Waals surface area contributed by atoms with E-state index in [0.29, 0.717) is 64.6 Å². The van der Waals surface area contributed by atoms with Crippen LogP contribution in [-0.2, 0) is 35.3 Å². The van der Waals surface area contributed by atoms with Gasteiger partial charge in [0.25, 0.3) is 0 Å². The first-order valence-corrected chi connectivity index (χ1v) is 16.8. The summed E-state index contributed by atoms with van der Waals surface area (Å²) in [6, 6.07) is 2.42. The molecular formula is C33H52N6O10. The van der Waals surface area contributed by atoms with E-state index < -0.39 is 36.0 Å². The molecule has 2 atom stereocenters. The molecular weight excluding hydrogens is 640 g/mol. The Morgan fingerprint density at radius 3 is 1.92 bits per heavy atom. The normalized spacial score (nSPS) is 12.0. The van der Waals surface area contributed by atoms with Crippen LogP contribution in [0.1, 0.15) is 95.6 Å². The van der Waals surface area contributed by atoms with E-state index in [-0.39, 0.29) is 37.6 Å². The Balaban J connectivity index is 2.06. The number of unbranched alkanes of at least 4 members (excludes halogenated alkanes) is 6. The lowest BCUT2D eigenvalue weighted by atomic mass is 10.1. The molecule has 0 saturated heterocycles. The molecule has 2 unspecified atom stereocenters. The quantitative estimate of drug-likeness (QED) is 0.0471. The Morgan fingerprint density at radius 2 is 1.37 bits per heavy atom. The number of amides is 4. The number of carbonyl (C=O) groups excluding carboxylic acids is 4. The smallest absolute Gasteiger partial charge is 0.326 e. The molecule has 1 aromatic heterocycles. The number of pyridine rings is 1. The maximum atomic E-state index is 12.1. The highest BCUT2D eigenvalue weighted by Crippen LogP contribution is 2.08. The van der Waals surface area contributed by atoms with Crippen LogP contribution in [-0.4, -0.2) is 106 Å². The Hall–Kier alpha value is -4.60. The second kappa shape index (κ2) is 26.4. The van der Waals surface area contributed by atoms with Gasteiger partial charge in [0.15, 0.2) is 0 Å². The van der Waals surface area contributed by atoms with Gasteiger partial charge in [0, 0.05) is 45.1 Å². The number of rotatable bonds is 29. The molecule has 7 N–H and O–H groups in total. The lowest BCUT2D eigenvalue weighted by Gasteiger charge is -2.19. The summed E-state index contributed by atoms with van der Waals surface area (Å²) in [5.41, 5.74) is 0.822. The van der Waals surface area contributed by atoms with Crippen LogP contribution in [0.3, 0.4) is 0 Å². The molecule has 1 heterocycles. The van der Waals surface area contributed by atoms with Crippen LogP contribution in [0, 0.1) is 0 Å². The van der Waals surface area contributed by atoms with Crippen LogP contribution in [0.2, 0.25) is 0 Å². The van der Waals surface area contributed by atoms with Crippen molar-refractivity contribution in [3.63, 3.8) is 0 Å². The zero-order chi connectivity index (χ0) is 36.3. The number of urea groups is 1. The molecule has 0 spiro atoms. The fourth-order valence-electron chi connectivity index (χ4n) is 4.87. The summed E-state index contributed by atoms with van der Waals surface area (Å²) >= 11 is 0. The molecule has 1 rings (SSSR count). The molecule has 0 aliphatic carbocycles. The molecule has 0 saturated carbocycles. The van der Waals surface area contributed by atoms with Gasteiger partial charge in [-0.2, -0.15) is 0 Å². The second-order valence-electron chi connectivity index (χ2n) is 11.8. The summed E-state index contributed by atoms with van der Waals surface area (Å²) in [4.78, 5) is 86.6. The lowest BCUT2D eigenvalue weighted by molar-refractivity contribution is -0.140. The average molecular weight is 693 g/mol. The van der Waals surface area contributed by atoms with Crippen molar-refractivity contribution in [3.8, 4) is 0 Å². The van der Waals surface area contributed by atoms with E-state index in [1.54, 1.807) is 6.20 Å². The molecule has 4 amide bonds. The van der Waals surface area contributed by atoms with Crippen molar-refractivity contribution in [1.29, 1.82) is 0 Å². The molecule has 16 heteroatoms. The zero-order valence-corrected chi connectivity index (χ0v) is 28.1. The minimum absolute atomic E-state index is 0.0118. The number of hydrogen-bond acceptors (Lipinski definition) is 9. The van der Waals surface area contributed by atoms with Gasteiger partial charge in [0.2, 0.25) is 11.8 Å². The number of aldehydes is 1. The highest BCUT2D eigenvalue weighted by atomic mass is 16.4. The maximum Gasteiger partial charge on any atom is 0.326 e. The van der Waals surface area contributed by atoms with Crippen LogP contribution in [0.4, 0.5) is 4.79 Å². The summed E-state index contributed by atoms with van der Waals surface area (Å²) < 4.78 is 0. The largest absolute Gasteiger partial charge is 0.481 e. The first-order valence-electron chi connectivity index (χ1n) is 16.8. The maximum absolute atomic E-state index is 12.1. The van der Waals surface area contributed by atoms with Crippen molar-refractivity contribution >= 4 is 42.0 Å². The minimum atomic E-state index is -1.25. The summed E-state index contributed by atoms with van der Waals surface area (Å²) in [5, 5.41) is 37.4. The average Bonchev–Trinajstić information content (AvgIpc) is 3.05. The van der Waals surface area contributed by atoms with Gasteiger partial charge in [0.05, 0.1) is 18.3 Å². The van der Waals surface area contributed by atoms with E-state index in [4.69, 9.17) is 5.11 Å². The van der Waals surface area contributed by atoms with E-state index in [9.17, 15) is 43.8 Å². The van der Waals surface area contributed by atoms with Gasteiger partial charge in [-0.05, 0) is 70.0 Å². The van der Waals surface area contributed by atoms with E-state index >= 15 is 0 Å². The molecule has 49 heavy (non-hydrogen) atoms. The predicted octanol–water partition coefficient (Wildman–Crippen LogP) is 2.07. The van der Waals surface area contributed by atoms with E-state index in [1.807, 2.05) is 23.1 Å². The third-order valence-corrected chi connectivity index (χ3v) is 7.50. The van der Waals surface area contributed by atoms with Crippen molar-refractivity contribution in [1.82, 2.24) is 31.2 Å². The Bertz CT molecular complexity index is 1170. The molecule has 16 nitrogen and oxygen atoms in total.